The van der Waals surface area contributed by atoms with E-state index in [-0.39, 0.29) is 0 Å². The molecule has 0 fully saturated rings. The highest BCUT2D eigenvalue weighted by Gasteiger charge is 2.42. The third-order valence-electron chi connectivity index (χ3n) is 3.49. The first-order chi connectivity index (χ1) is 9.22. The van der Waals surface area contributed by atoms with Crippen molar-refractivity contribution in [3.8, 4) is 0 Å². The van der Waals surface area contributed by atoms with Crippen molar-refractivity contribution in [2.75, 3.05) is 0 Å². The van der Waals surface area contributed by atoms with Gasteiger partial charge in [0.1, 0.15) is 0 Å². The van der Waals surface area contributed by atoms with Crippen LogP contribution in [0.3, 0.4) is 0 Å². The van der Waals surface area contributed by atoms with E-state index < -0.39 is 28.6 Å². The van der Waals surface area contributed by atoms with Gasteiger partial charge in [-0.25, -0.2) is 4.79 Å². The molecular formula is C15H32O4Si2. The number of carbonyl (C=O) groups is 1. The molecule has 0 aliphatic heterocycles. The van der Waals surface area contributed by atoms with Crippen LogP contribution in [0.25, 0.3) is 0 Å². The molecule has 0 aromatic heterocycles. The van der Waals surface area contributed by atoms with E-state index in [1.807, 2.05) is 13.1 Å². The fraction of sp³-hybridized carbons (Fsp3) is 0.800. The van der Waals surface area contributed by atoms with Gasteiger partial charge in [-0.1, -0.05) is 26.8 Å². The predicted molar refractivity (Wildman–Crippen MR) is 91.8 cm³/mol. The van der Waals surface area contributed by atoms with Crippen LogP contribution in [-0.2, 0) is 18.1 Å². The van der Waals surface area contributed by atoms with Crippen molar-refractivity contribution in [1.82, 2.24) is 0 Å². The first-order valence-electron chi connectivity index (χ1n) is 7.51. The topological polar surface area (TPSA) is 44.8 Å². The van der Waals surface area contributed by atoms with E-state index in [1.54, 1.807) is 20.8 Å². The summed E-state index contributed by atoms with van der Waals surface area (Å²) in [6.07, 6.45) is 1.09. The Morgan fingerprint density at radius 3 is 2.10 bits per heavy atom. The summed E-state index contributed by atoms with van der Waals surface area (Å²) < 4.78 is 17.8. The molecule has 0 saturated heterocycles. The van der Waals surface area contributed by atoms with Gasteiger partial charge in [-0.2, -0.15) is 0 Å². The Morgan fingerprint density at radius 2 is 1.71 bits per heavy atom. The summed E-state index contributed by atoms with van der Waals surface area (Å²) in [4.78, 5) is 11.7. The van der Waals surface area contributed by atoms with Crippen molar-refractivity contribution in [3.05, 3.63) is 12.2 Å². The van der Waals surface area contributed by atoms with Gasteiger partial charge in [-0.15, -0.1) is 0 Å². The zero-order valence-electron chi connectivity index (χ0n) is 15.1. The molecule has 0 bridgehead atoms. The predicted octanol–water partition coefficient (Wildman–Crippen LogP) is 4.58. The van der Waals surface area contributed by atoms with Gasteiger partial charge in [0.15, 0.2) is 8.32 Å². The van der Waals surface area contributed by atoms with Gasteiger partial charge in [-0.3, -0.25) is 0 Å². The molecule has 0 radical (unpaired) electrons. The molecule has 0 heterocycles. The minimum atomic E-state index is -2.40. The molecule has 21 heavy (non-hydrogen) atoms. The first kappa shape index (κ1) is 20.6. The molecule has 0 aromatic carbocycles. The molecular weight excluding hydrogens is 300 g/mol. The molecule has 124 valence electrons. The van der Waals surface area contributed by atoms with Crippen molar-refractivity contribution in [3.63, 3.8) is 0 Å². The van der Waals surface area contributed by atoms with Gasteiger partial charge in [0, 0.05) is 19.4 Å². The summed E-state index contributed by atoms with van der Waals surface area (Å²) >= 11 is 0. The van der Waals surface area contributed by atoms with Crippen LogP contribution < -0.4 is 0 Å². The molecule has 0 N–H and O–H groups in total. The average Bonchev–Trinajstić information content (AvgIpc) is 2.23. The Bertz CT molecular complexity index is 389. The standard InChI is InChI=1S/C15H32O4Si2/c1-11-13(4)20(7,8)19-21(9,10)18-15(5,6)17-14(16)12(2)3/h13H,2,11H2,1,3-10H3. The molecule has 0 saturated carbocycles. The second-order valence-electron chi connectivity index (χ2n) is 7.09. The maximum absolute atomic E-state index is 11.7. The largest absolute Gasteiger partial charge is 0.436 e. The van der Waals surface area contributed by atoms with Crippen LogP contribution in [0.1, 0.15) is 41.0 Å². The van der Waals surface area contributed by atoms with Gasteiger partial charge >= 0.3 is 14.5 Å². The Morgan fingerprint density at radius 1 is 1.24 bits per heavy atom. The molecule has 1 atom stereocenters. The lowest BCUT2D eigenvalue weighted by Gasteiger charge is -2.40. The zero-order chi connectivity index (χ0) is 17.1. The highest BCUT2D eigenvalue weighted by atomic mass is 28.4. The highest BCUT2D eigenvalue weighted by molar-refractivity contribution is 6.83. The highest BCUT2D eigenvalue weighted by Crippen LogP contribution is 2.31. The second-order valence-corrected chi connectivity index (χ2v) is 15.1. The number of hydrogen-bond donors (Lipinski definition) is 0. The van der Waals surface area contributed by atoms with Crippen LogP contribution in [0.5, 0.6) is 0 Å². The molecule has 6 heteroatoms. The van der Waals surface area contributed by atoms with Crippen LogP contribution >= 0.6 is 0 Å². The van der Waals surface area contributed by atoms with Crippen LogP contribution in [-0.4, -0.2) is 28.6 Å². The van der Waals surface area contributed by atoms with Gasteiger partial charge in [0.2, 0.25) is 5.79 Å². The zero-order valence-corrected chi connectivity index (χ0v) is 17.1. The summed E-state index contributed by atoms with van der Waals surface area (Å²) in [6, 6.07) is 0. The Kier molecular flexibility index (Phi) is 7.07. The molecule has 0 aliphatic carbocycles. The van der Waals surface area contributed by atoms with Gasteiger partial charge < -0.3 is 13.3 Å². The Hall–Kier alpha value is -0.436. The van der Waals surface area contributed by atoms with Crippen LogP contribution in [0, 0.1) is 0 Å². The molecule has 0 spiro atoms. The van der Waals surface area contributed by atoms with Crippen molar-refractivity contribution < 1.29 is 18.1 Å². The SMILES string of the molecule is C=C(C)C(=O)OC(C)(C)O[Si](C)(C)O[Si](C)(C)C(C)CC. The van der Waals surface area contributed by atoms with E-state index in [1.165, 1.54) is 0 Å². The third kappa shape index (κ3) is 7.40. The van der Waals surface area contributed by atoms with Gasteiger partial charge in [0.25, 0.3) is 0 Å². The summed E-state index contributed by atoms with van der Waals surface area (Å²) in [5.74, 6) is -1.45. The summed E-state index contributed by atoms with van der Waals surface area (Å²) in [5, 5.41) is 0. The number of hydrogen-bond acceptors (Lipinski definition) is 4. The maximum atomic E-state index is 11.7. The molecule has 0 amide bonds. The monoisotopic (exact) mass is 332 g/mol. The lowest BCUT2D eigenvalue weighted by Crippen LogP contribution is -2.53. The Balaban J connectivity index is 4.86. The maximum Gasteiger partial charge on any atom is 0.335 e. The van der Waals surface area contributed by atoms with Crippen LogP contribution in [0.2, 0.25) is 31.7 Å². The van der Waals surface area contributed by atoms with E-state index in [0.717, 1.165) is 6.42 Å². The minimum absolute atomic E-state index is 0.362. The molecule has 4 nitrogen and oxygen atoms in total. The van der Waals surface area contributed by atoms with E-state index in [9.17, 15) is 4.79 Å². The lowest BCUT2D eigenvalue weighted by molar-refractivity contribution is -0.186. The van der Waals surface area contributed by atoms with Gasteiger partial charge in [0.05, 0.1) is 0 Å². The number of ether oxygens (including phenoxy) is 1. The van der Waals surface area contributed by atoms with Crippen LogP contribution in [0.15, 0.2) is 12.2 Å². The van der Waals surface area contributed by atoms with E-state index in [0.29, 0.717) is 11.1 Å². The fourth-order valence-electron chi connectivity index (χ4n) is 2.17. The van der Waals surface area contributed by atoms with E-state index in [4.69, 9.17) is 13.3 Å². The van der Waals surface area contributed by atoms with Crippen molar-refractivity contribution >= 4 is 22.8 Å². The average molecular weight is 333 g/mol. The molecule has 0 aromatic rings. The first-order valence-corrected chi connectivity index (χ1v) is 13.3. The van der Waals surface area contributed by atoms with Crippen molar-refractivity contribution in [1.29, 1.82) is 0 Å². The third-order valence-corrected chi connectivity index (χ3v) is 11.3. The summed E-state index contributed by atoms with van der Waals surface area (Å²) in [5.41, 5.74) is 0.912. The smallest absolute Gasteiger partial charge is 0.335 e. The van der Waals surface area contributed by atoms with E-state index in [2.05, 4.69) is 33.5 Å². The molecule has 1 unspecified atom stereocenters. The lowest BCUT2D eigenvalue weighted by atomic mass is 10.3. The number of rotatable bonds is 8. The minimum Gasteiger partial charge on any atom is -0.436 e. The van der Waals surface area contributed by atoms with E-state index >= 15 is 0 Å². The number of carbonyl (C=O) groups excluding carboxylic acids is 1. The van der Waals surface area contributed by atoms with Crippen molar-refractivity contribution in [2.24, 2.45) is 0 Å². The van der Waals surface area contributed by atoms with Crippen molar-refractivity contribution in [2.45, 2.75) is 78.6 Å². The Labute approximate surface area is 132 Å². The van der Waals surface area contributed by atoms with Crippen LogP contribution in [0.4, 0.5) is 0 Å². The second kappa shape index (κ2) is 7.22. The normalized spacial score (nSPS) is 14.7. The number of esters is 1. The molecule has 0 aliphatic rings. The molecule has 0 rings (SSSR count). The quantitative estimate of drug-likeness (QED) is 0.282. The van der Waals surface area contributed by atoms with Gasteiger partial charge in [-0.05, 0) is 38.7 Å². The fourth-order valence-corrected chi connectivity index (χ4v) is 10.4. The summed E-state index contributed by atoms with van der Waals surface area (Å²) in [7, 11) is -4.22. The summed E-state index contributed by atoms with van der Waals surface area (Å²) in [6.45, 7) is 21.5.